The molecule has 3 aromatic carbocycles. The van der Waals surface area contributed by atoms with E-state index >= 15 is 0 Å². The lowest BCUT2D eigenvalue weighted by atomic mass is 10.0. The molecule has 3 aromatic rings. The van der Waals surface area contributed by atoms with Gasteiger partial charge in [0.15, 0.2) is 0 Å². The molecule has 0 aliphatic heterocycles. The lowest BCUT2D eigenvalue weighted by Crippen LogP contribution is -2.51. The molecule has 5 heteroatoms. The quantitative estimate of drug-likeness (QED) is 0.531. The van der Waals surface area contributed by atoms with E-state index in [1.165, 1.54) is 12.1 Å². The van der Waals surface area contributed by atoms with Crippen LogP contribution in [0.3, 0.4) is 0 Å². The van der Waals surface area contributed by atoms with Crippen molar-refractivity contribution in [3.8, 4) is 0 Å². The summed E-state index contributed by atoms with van der Waals surface area (Å²) in [6.07, 6.45) is 0.390. The van der Waals surface area contributed by atoms with Crippen molar-refractivity contribution in [2.45, 2.75) is 39.4 Å². The van der Waals surface area contributed by atoms with Gasteiger partial charge in [-0.2, -0.15) is 0 Å². The van der Waals surface area contributed by atoms with Crippen molar-refractivity contribution in [1.82, 2.24) is 10.2 Å². The Balaban J connectivity index is 1.89. The minimum absolute atomic E-state index is 0.120. The number of hydrogen-bond donors (Lipinski definition) is 1. The lowest BCUT2D eigenvalue weighted by molar-refractivity contribution is -0.143. The first-order valence-corrected chi connectivity index (χ1v) is 10.8. The number of nitrogens with zero attached hydrogens (tertiary/aromatic N) is 1. The van der Waals surface area contributed by atoms with Crippen LogP contribution in [0.2, 0.25) is 0 Å². The summed E-state index contributed by atoms with van der Waals surface area (Å²) in [6, 6.07) is 24.7. The molecule has 32 heavy (non-hydrogen) atoms. The van der Waals surface area contributed by atoms with Crippen molar-refractivity contribution in [2.75, 3.05) is 0 Å². The predicted octanol–water partition coefficient (Wildman–Crippen LogP) is 4.74. The zero-order valence-corrected chi connectivity index (χ0v) is 18.5. The summed E-state index contributed by atoms with van der Waals surface area (Å²) in [5.41, 5.74) is 2.72. The second-order valence-corrected chi connectivity index (χ2v) is 8.16. The van der Waals surface area contributed by atoms with Crippen LogP contribution in [-0.4, -0.2) is 22.8 Å². The fourth-order valence-corrected chi connectivity index (χ4v) is 3.54. The third-order valence-electron chi connectivity index (χ3n) is 5.30. The summed E-state index contributed by atoms with van der Waals surface area (Å²) in [5, 5.41) is 3.00. The predicted molar refractivity (Wildman–Crippen MR) is 124 cm³/mol. The molecule has 0 fully saturated rings. The normalized spacial score (nSPS) is 11.8. The molecule has 4 nitrogen and oxygen atoms in total. The summed E-state index contributed by atoms with van der Waals surface area (Å²) in [5.74, 6) is -0.952. The van der Waals surface area contributed by atoms with E-state index in [1.54, 1.807) is 17.0 Å². The molecule has 3 rings (SSSR count). The van der Waals surface area contributed by atoms with Crippen LogP contribution >= 0.6 is 0 Å². The SMILES string of the molecule is CC(C)C(=O)N(Cc1ccc(F)cc1)[C@H](Cc1ccccc1)C(=O)NCc1ccccc1. The Bertz CT molecular complexity index is 1000. The largest absolute Gasteiger partial charge is 0.350 e. The monoisotopic (exact) mass is 432 g/mol. The summed E-state index contributed by atoms with van der Waals surface area (Å²) < 4.78 is 13.4. The molecule has 0 radical (unpaired) electrons. The van der Waals surface area contributed by atoms with E-state index in [0.29, 0.717) is 13.0 Å². The first-order valence-electron chi connectivity index (χ1n) is 10.8. The standard InChI is InChI=1S/C27H29FN2O2/c1-20(2)27(32)30(19-23-13-15-24(28)16-14-23)25(17-21-9-5-3-6-10-21)26(31)29-18-22-11-7-4-8-12-22/h3-16,20,25H,17-19H2,1-2H3,(H,29,31)/t25-/m1/s1. The van der Waals surface area contributed by atoms with E-state index in [4.69, 9.17) is 0 Å². The molecular weight excluding hydrogens is 403 g/mol. The van der Waals surface area contributed by atoms with Crippen LogP contribution in [0, 0.1) is 11.7 Å². The molecule has 0 aliphatic rings. The van der Waals surface area contributed by atoms with Crippen molar-refractivity contribution in [3.05, 3.63) is 107 Å². The molecule has 0 aromatic heterocycles. The topological polar surface area (TPSA) is 49.4 Å². The highest BCUT2D eigenvalue weighted by atomic mass is 19.1. The average molecular weight is 433 g/mol. The highest BCUT2D eigenvalue weighted by molar-refractivity contribution is 5.88. The van der Waals surface area contributed by atoms with Crippen molar-refractivity contribution in [3.63, 3.8) is 0 Å². The van der Waals surface area contributed by atoms with Crippen LogP contribution in [0.25, 0.3) is 0 Å². The molecule has 0 spiro atoms. The summed E-state index contributed by atoms with van der Waals surface area (Å²) >= 11 is 0. The zero-order valence-electron chi connectivity index (χ0n) is 18.5. The lowest BCUT2D eigenvalue weighted by Gasteiger charge is -2.33. The van der Waals surface area contributed by atoms with E-state index in [0.717, 1.165) is 16.7 Å². The van der Waals surface area contributed by atoms with Crippen LogP contribution in [0.5, 0.6) is 0 Å². The summed E-state index contributed by atoms with van der Waals surface area (Å²) in [4.78, 5) is 28.2. The van der Waals surface area contributed by atoms with Crippen LogP contribution in [0.1, 0.15) is 30.5 Å². The van der Waals surface area contributed by atoms with Gasteiger partial charge >= 0.3 is 0 Å². The van der Waals surface area contributed by atoms with E-state index in [9.17, 15) is 14.0 Å². The molecular formula is C27H29FN2O2. The number of benzene rings is 3. The molecule has 0 heterocycles. The van der Waals surface area contributed by atoms with E-state index < -0.39 is 6.04 Å². The molecule has 1 atom stereocenters. The maximum absolute atomic E-state index is 13.4. The Labute approximate surface area is 189 Å². The maximum Gasteiger partial charge on any atom is 0.243 e. The van der Waals surface area contributed by atoms with Gasteiger partial charge in [-0.1, -0.05) is 86.6 Å². The van der Waals surface area contributed by atoms with Crippen LogP contribution in [0.4, 0.5) is 4.39 Å². The summed E-state index contributed by atoms with van der Waals surface area (Å²) in [6.45, 7) is 4.25. The van der Waals surface area contributed by atoms with Crippen molar-refractivity contribution >= 4 is 11.8 Å². The molecule has 0 bridgehead atoms. The van der Waals surface area contributed by atoms with Gasteiger partial charge in [0.05, 0.1) is 0 Å². The number of rotatable bonds is 9. The van der Waals surface area contributed by atoms with Crippen LogP contribution in [0.15, 0.2) is 84.9 Å². The molecule has 0 saturated heterocycles. The van der Waals surface area contributed by atoms with Gasteiger partial charge in [-0.25, -0.2) is 4.39 Å². The Hall–Kier alpha value is -3.47. The number of carbonyl (C=O) groups is 2. The smallest absolute Gasteiger partial charge is 0.243 e. The Morgan fingerprint density at radius 1 is 0.812 bits per heavy atom. The highest BCUT2D eigenvalue weighted by Crippen LogP contribution is 2.18. The van der Waals surface area contributed by atoms with Crippen molar-refractivity contribution in [1.29, 1.82) is 0 Å². The van der Waals surface area contributed by atoms with Crippen molar-refractivity contribution in [2.24, 2.45) is 5.92 Å². The third-order valence-corrected chi connectivity index (χ3v) is 5.30. The minimum Gasteiger partial charge on any atom is -0.350 e. The van der Waals surface area contributed by atoms with Crippen LogP contribution in [-0.2, 0) is 29.1 Å². The van der Waals surface area contributed by atoms with E-state index in [-0.39, 0.29) is 30.1 Å². The number of carbonyl (C=O) groups excluding carboxylic acids is 2. The first-order chi connectivity index (χ1) is 15.4. The molecule has 0 unspecified atom stereocenters. The van der Waals surface area contributed by atoms with Gasteiger partial charge in [0.2, 0.25) is 11.8 Å². The van der Waals surface area contributed by atoms with Gasteiger partial charge in [-0.3, -0.25) is 9.59 Å². The maximum atomic E-state index is 13.4. The molecule has 0 aliphatic carbocycles. The minimum atomic E-state index is -0.693. The highest BCUT2D eigenvalue weighted by Gasteiger charge is 2.31. The first kappa shape index (κ1) is 23.2. The zero-order chi connectivity index (χ0) is 22.9. The number of amides is 2. The summed E-state index contributed by atoms with van der Waals surface area (Å²) in [7, 11) is 0. The van der Waals surface area contributed by atoms with Gasteiger partial charge < -0.3 is 10.2 Å². The fourth-order valence-electron chi connectivity index (χ4n) is 3.54. The fraction of sp³-hybridized carbons (Fsp3) is 0.259. The molecule has 0 saturated carbocycles. The van der Waals surface area contributed by atoms with Gasteiger partial charge in [-0.05, 0) is 28.8 Å². The number of halogens is 1. The number of hydrogen-bond acceptors (Lipinski definition) is 2. The van der Waals surface area contributed by atoms with Crippen molar-refractivity contribution < 1.29 is 14.0 Å². The van der Waals surface area contributed by atoms with Gasteiger partial charge in [0.25, 0.3) is 0 Å². The molecule has 2 amide bonds. The third kappa shape index (κ3) is 6.51. The molecule has 1 N–H and O–H groups in total. The second-order valence-electron chi connectivity index (χ2n) is 8.16. The van der Waals surface area contributed by atoms with Gasteiger partial charge in [-0.15, -0.1) is 0 Å². The Kier molecular flexibility index (Phi) is 8.14. The average Bonchev–Trinajstić information content (AvgIpc) is 2.81. The van der Waals surface area contributed by atoms with Gasteiger partial charge in [0.1, 0.15) is 11.9 Å². The second kappa shape index (κ2) is 11.2. The Morgan fingerprint density at radius 2 is 1.38 bits per heavy atom. The number of nitrogens with one attached hydrogen (secondary N) is 1. The van der Waals surface area contributed by atoms with E-state index in [1.807, 2.05) is 74.5 Å². The van der Waals surface area contributed by atoms with Crippen LogP contribution < -0.4 is 5.32 Å². The van der Waals surface area contributed by atoms with Gasteiger partial charge in [0, 0.05) is 25.4 Å². The van der Waals surface area contributed by atoms with E-state index in [2.05, 4.69) is 5.32 Å². The molecule has 166 valence electrons. The Morgan fingerprint density at radius 3 is 1.94 bits per heavy atom.